The average Bonchev–Trinajstić information content (AvgIpc) is 2.91. The lowest BCUT2D eigenvalue weighted by Crippen LogP contribution is -2.33. The molecule has 1 amide bonds. The smallest absolute Gasteiger partial charge is 0.253 e. The number of piperidine rings is 1. The van der Waals surface area contributed by atoms with E-state index in [1.165, 1.54) is 6.07 Å². The van der Waals surface area contributed by atoms with Gasteiger partial charge in [-0.3, -0.25) is 4.79 Å². The summed E-state index contributed by atoms with van der Waals surface area (Å²) in [6.45, 7) is 5.41. The molecular weight excluding hydrogens is 283 g/mol. The van der Waals surface area contributed by atoms with Crippen LogP contribution in [-0.4, -0.2) is 40.4 Å². The van der Waals surface area contributed by atoms with Crippen LogP contribution in [0.2, 0.25) is 0 Å². The van der Waals surface area contributed by atoms with Gasteiger partial charge in [-0.2, -0.15) is 0 Å². The Morgan fingerprint density at radius 2 is 2.18 bits per heavy atom. The van der Waals surface area contributed by atoms with Gasteiger partial charge in [-0.1, -0.05) is 6.92 Å². The van der Waals surface area contributed by atoms with Crippen molar-refractivity contribution < 1.29 is 9.18 Å². The maximum Gasteiger partial charge on any atom is 0.253 e. The van der Waals surface area contributed by atoms with Gasteiger partial charge in [-0.15, -0.1) is 0 Å². The van der Waals surface area contributed by atoms with E-state index in [1.807, 2.05) is 0 Å². The third kappa shape index (κ3) is 2.70. The molecule has 1 aliphatic heterocycles. The van der Waals surface area contributed by atoms with Crippen molar-refractivity contribution in [2.75, 3.05) is 19.6 Å². The van der Waals surface area contributed by atoms with Gasteiger partial charge in [0.25, 0.3) is 5.91 Å². The number of fused-ring (bicyclic) bond motifs is 1. The van der Waals surface area contributed by atoms with Crippen molar-refractivity contribution in [3.63, 3.8) is 0 Å². The number of H-pyrrole nitrogens is 1. The van der Waals surface area contributed by atoms with Gasteiger partial charge in [-0.05, 0) is 51.0 Å². The number of benzene rings is 1. The lowest BCUT2D eigenvalue weighted by molar-refractivity contribution is 0.0998. The minimum absolute atomic E-state index is 0.122. The van der Waals surface area contributed by atoms with E-state index in [9.17, 15) is 9.18 Å². The number of rotatable bonds is 4. The van der Waals surface area contributed by atoms with Gasteiger partial charge in [0.05, 0.1) is 5.52 Å². The van der Waals surface area contributed by atoms with Crippen molar-refractivity contribution in [3.05, 3.63) is 29.3 Å². The number of amides is 1. The molecule has 1 fully saturated rings. The lowest BCUT2D eigenvalue weighted by Gasteiger charge is -2.30. The molecular formula is C16H21FN4O. The van der Waals surface area contributed by atoms with Crippen molar-refractivity contribution >= 4 is 16.9 Å². The molecule has 1 saturated heterocycles. The highest BCUT2D eigenvalue weighted by molar-refractivity contribution is 6.04. The van der Waals surface area contributed by atoms with Gasteiger partial charge in [0.15, 0.2) is 0 Å². The number of halogens is 1. The highest BCUT2D eigenvalue weighted by Crippen LogP contribution is 2.29. The maximum atomic E-state index is 13.8. The molecule has 0 aliphatic carbocycles. The molecule has 5 nitrogen and oxygen atoms in total. The molecule has 6 heteroatoms. The summed E-state index contributed by atoms with van der Waals surface area (Å²) >= 11 is 0. The number of aromatic amines is 1. The highest BCUT2D eigenvalue weighted by atomic mass is 19.1. The number of carbonyl (C=O) groups is 1. The summed E-state index contributed by atoms with van der Waals surface area (Å²) in [6.07, 6.45) is 3.21. The van der Waals surface area contributed by atoms with Crippen molar-refractivity contribution in [2.24, 2.45) is 5.73 Å². The summed E-state index contributed by atoms with van der Waals surface area (Å²) in [4.78, 5) is 21.6. The number of aromatic nitrogens is 2. The van der Waals surface area contributed by atoms with Gasteiger partial charge < -0.3 is 15.6 Å². The van der Waals surface area contributed by atoms with E-state index in [0.29, 0.717) is 17.0 Å². The molecule has 3 rings (SSSR count). The number of nitrogens with one attached hydrogen (secondary N) is 1. The summed E-state index contributed by atoms with van der Waals surface area (Å²) in [5, 5.41) is 0. The molecule has 0 atom stereocenters. The number of likely N-dealkylation sites (tertiary alicyclic amines) is 1. The Hall–Kier alpha value is -1.95. The second kappa shape index (κ2) is 6.04. The van der Waals surface area contributed by atoms with Crippen LogP contribution >= 0.6 is 0 Å². The SMILES string of the molecule is CCCN1CCC(c2nc3c(C(N)=O)c(F)ccc3[nH]2)CC1. The minimum Gasteiger partial charge on any atom is -0.365 e. The maximum absolute atomic E-state index is 13.8. The Morgan fingerprint density at radius 3 is 2.82 bits per heavy atom. The van der Waals surface area contributed by atoms with Gasteiger partial charge in [-0.25, -0.2) is 9.37 Å². The monoisotopic (exact) mass is 304 g/mol. The molecule has 2 aromatic rings. The first-order valence-corrected chi connectivity index (χ1v) is 7.80. The first-order valence-electron chi connectivity index (χ1n) is 7.80. The quantitative estimate of drug-likeness (QED) is 0.910. The third-order valence-electron chi connectivity index (χ3n) is 4.38. The first-order chi connectivity index (χ1) is 10.6. The molecule has 3 N–H and O–H groups in total. The Kier molecular flexibility index (Phi) is 4.11. The van der Waals surface area contributed by atoms with E-state index in [4.69, 9.17) is 5.73 Å². The van der Waals surface area contributed by atoms with Crippen LogP contribution in [0.4, 0.5) is 4.39 Å². The van der Waals surface area contributed by atoms with Crippen LogP contribution in [0.5, 0.6) is 0 Å². The molecule has 1 aromatic heterocycles. The molecule has 118 valence electrons. The summed E-state index contributed by atoms with van der Waals surface area (Å²) in [7, 11) is 0. The number of carbonyl (C=O) groups excluding carboxylic acids is 1. The van der Waals surface area contributed by atoms with E-state index >= 15 is 0 Å². The molecule has 2 heterocycles. The number of imidazole rings is 1. The average molecular weight is 304 g/mol. The van der Waals surface area contributed by atoms with Crippen LogP contribution in [0.25, 0.3) is 11.0 Å². The van der Waals surface area contributed by atoms with E-state index in [1.54, 1.807) is 6.07 Å². The third-order valence-corrected chi connectivity index (χ3v) is 4.38. The van der Waals surface area contributed by atoms with Crippen LogP contribution in [0, 0.1) is 5.82 Å². The largest absolute Gasteiger partial charge is 0.365 e. The van der Waals surface area contributed by atoms with Crippen molar-refractivity contribution in [1.82, 2.24) is 14.9 Å². The van der Waals surface area contributed by atoms with Crippen LogP contribution in [0.3, 0.4) is 0 Å². The fraction of sp³-hybridized carbons (Fsp3) is 0.500. The minimum atomic E-state index is -0.779. The highest BCUT2D eigenvalue weighted by Gasteiger charge is 2.24. The van der Waals surface area contributed by atoms with Crippen molar-refractivity contribution in [1.29, 1.82) is 0 Å². The fourth-order valence-corrected chi connectivity index (χ4v) is 3.24. The Bertz CT molecular complexity index is 689. The summed E-state index contributed by atoms with van der Waals surface area (Å²) in [5.74, 6) is -0.238. The molecule has 0 bridgehead atoms. The molecule has 0 unspecified atom stereocenters. The predicted octanol–water partition coefficient (Wildman–Crippen LogP) is 2.39. The van der Waals surface area contributed by atoms with E-state index in [2.05, 4.69) is 21.8 Å². The topological polar surface area (TPSA) is 75.0 Å². The summed E-state index contributed by atoms with van der Waals surface area (Å²) in [6, 6.07) is 2.87. The normalized spacial score (nSPS) is 17.2. The Morgan fingerprint density at radius 1 is 1.45 bits per heavy atom. The van der Waals surface area contributed by atoms with Crippen molar-refractivity contribution in [3.8, 4) is 0 Å². The van der Waals surface area contributed by atoms with Crippen LogP contribution < -0.4 is 5.73 Å². The zero-order valence-corrected chi connectivity index (χ0v) is 12.7. The van der Waals surface area contributed by atoms with Crippen LogP contribution in [-0.2, 0) is 0 Å². The summed E-state index contributed by atoms with van der Waals surface area (Å²) in [5.41, 5.74) is 6.17. The van der Waals surface area contributed by atoms with Crippen molar-refractivity contribution in [2.45, 2.75) is 32.1 Å². The first kappa shape index (κ1) is 15.0. The van der Waals surface area contributed by atoms with Gasteiger partial charge in [0.1, 0.15) is 22.7 Å². The van der Waals surface area contributed by atoms with Gasteiger partial charge in [0, 0.05) is 5.92 Å². The van der Waals surface area contributed by atoms with E-state index < -0.39 is 11.7 Å². The number of primary amides is 1. The molecule has 0 radical (unpaired) electrons. The number of nitrogens with two attached hydrogens (primary N) is 1. The zero-order chi connectivity index (χ0) is 15.7. The van der Waals surface area contributed by atoms with Gasteiger partial charge >= 0.3 is 0 Å². The van der Waals surface area contributed by atoms with E-state index in [-0.39, 0.29) is 5.56 Å². The fourth-order valence-electron chi connectivity index (χ4n) is 3.24. The second-order valence-corrected chi connectivity index (χ2v) is 5.92. The zero-order valence-electron chi connectivity index (χ0n) is 12.7. The molecule has 22 heavy (non-hydrogen) atoms. The predicted molar refractivity (Wildman–Crippen MR) is 83.3 cm³/mol. The molecule has 1 aromatic carbocycles. The van der Waals surface area contributed by atoms with E-state index in [0.717, 1.165) is 44.7 Å². The molecule has 1 aliphatic rings. The Balaban J connectivity index is 1.87. The molecule has 0 spiro atoms. The number of hydrogen-bond acceptors (Lipinski definition) is 3. The number of hydrogen-bond donors (Lipinski definition) is 2. The van der Waals surface area contributed by atoms with Crippen LogP contribution in [0.15, 0.2) is 12.1 Å². The van der Waals surface area contributed by atoms with Crippen LogP contribution in [0.1, 0.15) is 48.3 Å². The van der Waals surface area contributed by atoms with Gasteiger partial charge in [0.2, 0.25) is 0 Å². The second-order valence-electron chi connectivity index (χ2n) is 5.92. The number of nitrogens with zero attached hydrogens (tertiary/aromatic N) is 2. The Labute approximate surface area is 128 Å². The standard InChI is InChI=1S/C16H21FN4O/c1-2-7-21-8-5-10(6-9-21)16-19-12-4-3-11(17)13(15(18)22)14(12)20-16/h3-4,10H,2,5-9H2,1H3,(H2,18,22)(H,19,20). The lowest BCUT2D eigenvalue weighted by atomic mass is 9.96. The molecule has 0 saturated carbocycles. The summed E-state index contributed by atoms with van der Waals surface area (Å²) < 4.78 is 13.8.